The maximum atomic E-state index is 12.2. The van der Waals surface area contributed by atoms with Crippen molar-refractivity contribution in [1.29, 1.82) is 0 Å². The summed E-state index contributed by atoms with van der Waals surface area (Å²) >= 11 is 0. The van der Waals surface area contributed by atoms with E-state index < -0.39 is 0 Å². The number of pyridine rings is 1. The summed E-state index contributed by atoms with van der Waals surface area (Å²) in [6, 6.07) is 18.7. The zero-order valence-electron chi connectivity index (χ0n) is 13.7. The molecule has 1 N–H and O–H groups in total. The van der Waals surface area contributed by atoms with Gasteiger partial charge in [-0.3, -0.25) is 9.78 Å². The first-order valence-electron chi connectivity index (χ1n) is 8.18. The van der Waals surface area contributed by atoms with Gasteiger partial charge in [0.2, 0.25) is 0 Å². The van der Waals surface area contributed by atoms with Gasteiger partial charge in [0.1, 0.15) is 0 Å². The van der Waals surface area contributed by atoms with Crippen molar-refractivity contribution < 1.29 is 9.63 Å². The average Bonchev–Trinajstić information content (AvgIpc) is 2.64. The quantitative estimate of drug-likeness (QED) is 0.689. The third-order valence-corrected chi connectivity index (χ3v) is 3.80. The van der Waals surface area contributed by atoms with Crippen LogP contribution >= 0.6 is 0 Å². The van der Waals surface area contributed by atoms with E-state index in [1.807, 2.05) is 42.5 Å². The summed E-state index contributed by atoms with van der Waals surface area (Å²) in [6.07, 6.45) is 3.27. The van der Waals surface area contributed by atoms with E-state index in [1.165, 1.54) is 0 Å². The molecule has 0 unspecified atom stereocenters. The molecule has 0 saturated carbocycles. The highest BCUT2D eigenvalue weighted by molar-refractivity contribution is 5.97. The SMILES string of the molecule is CCCCc1ccc2cc(C(=O)NOc3ccccc3)ccc2n1. The Morgan fingerprint density at radius 2 is 1.92 bits per heavy atom. The lowest BCUT2D eigenvalue weighted by Gasteiger charge is -2.08. The van der Waals surface area contributed by atoms with E-state index in [1.54, 1.807) is 18.2 Å². The summed E-state index contributed by atoms with van der Waals surface area (Å²) < 4.78 is 0. The van der Waals surface area contributed by atoms with E-state index in [4.69, 9.17) is 4.84 Å². The zero-order valence-corrected chi connectivity index (χ0v) is 13.7. The summed E-state index contributed by atoms with van der Waals surface area (Å²) in [7, 11) is 0. The third kappa shape index (κ3) is 3.90. The van der Waals surface area contributed by atoms with Crippen molar-refractivity contribution in [3.8, 4) is 5.75 Å². The molecule has 0 atom stereocenters. The number of hydrogen-bond donors (Lipinski definition) is 1. The molecular formula is C20H20N2O2. The molecule has 0 aliphatic rings. The van der Waals surface area contributed by atoms with Crippen LogP contribution in [0.3, 0.4) is 0 Å². The summed E-state index contributed by atoms with van der Waals surface area (Å²) in [5, 5.41) is 0.947. The predicted molar refractivity (Wildman–Crippen MR) is 94.9 cm³/mol. The van der Waals surface area contributed by atoms with E-state index in [0.717, 1.165) is 35.9 Å². The summed E-state index contributed by atoms with van der Waals surface area (Å²) in [5.41, 5.74) is 5.00. The summed E-state index contributed by atoms with van der Waals surface area (Å²) in [6.45, 7) is 2.17. The number of aryl methyl sites for hydroxylation is 1. The highest BCUT2D eigenvalue weighted by Crippen LogP contribution is 2.16. The number of para-hydroxylation sites is 1. The van der Waals surface area contributed by atoms with Crippen molar-refractivity contribution in [1.82, 2.24) is 10.5 Å². The topological polar surface area (TPSA) is 51.2 Å². The molecule has 3 aromatic rings. The first-order valence-corrected chi connectivity index (χ1v) is 8.18. The molecule has 24 heavy (non-hydrogen) atoms. The Hall–Kier alpha value is -2.88. The Bertz CT molecular complexity index is 831. The van der Waals surface area contributed by atoms with Crippen molar-refractivity contribution in [2.45, 2.75) is 26.2 Å². The molecule has 0 radical (unpaired) electrons. The summed E-state index contributed by atoms with van der Waals surface area (Å²) in [4.78, 5) is 22.1. The molecule has 0 saturated heterocycles. The number of unbranched alkanes of at least 4 members (excludes halogenated alkanes) is 1. The van der Waals surface area contributed by atoms with Crippen molar-refractivity contribution >= 4 is 16.8 Å². The highest BCUT2D eigenvalue weighted by Gasteiger charge is 2.08. The van der Waals surface area contributed by atoms with Crippen LogP contribution < -0.4 is 10.3 Å². The predicted octanol–water partition coefficient (Wildman–Crippen LogP) is 4.30. The van der Waals surface area contributed by atoms with Gasteiger partial charge in [-0.15, -0.1) is 0 Å². The van der Waals surface area contributed by atoms with Gasteiger partial charge in [-0.1, -0.05) is 37.6 Å². The Labute approximate surface area is 141 Å². The van der Waals surface area contributed by atoms with Gasteiger partial charge in [0, 0.05) is 16.6 Å². The molecule has 4 nitrogen and oxygen atoms in total. The fourth-order valence-electron chi connectivity index (χ4n) is 2.46. The molecule has 1 heterocycles. The van der Waals surface area contributed by atoms with E-state index in [0.29, 0.717) is 11.3 Å². The molecule has 2 aromatic carbocycles. The Morgan fingerprint density at radius 3 is 2.71 bits per heavy atom. The maximum absolute atomic E-state index is 12.2. The fraction of sp³-hybridized carbons (Fsp3) is 0.200. The largest absolute Gasteiger partial charge is 0.379 e. The number of amides is 1. The number of nitrogens with one attached hydrogen (secondary N) is 1. The Balaban J connectivity index is 1.71. The number of fused-ring (bicyclic) bond motifs is 1. The van der Waals surface area contributed by atoms with Crippen LogP contribution in [0, 0.1) is 0 Å². The van der Waals surface area contributed by atoms with Crippen LogP contribution in [0.15, 0.2) is 60.7 Å². The monoisotopic (exact) mass is 320 g/mol. The third-order valence-electron chi connectivity index (χ3n) is 3.80. The lowest BCUT2D eigenvalue weighted by Crippen LogP contribution is -2.26. The van der Waals surface area contributed by atoms with Gasteiger partial charge < -0.3 is 4.84 Å². The first kappa shape index (κ1) is 16.0. The molecular weight excluding hydrogens is 300 g/mol. The van der Waals surface area contributed by atoms with Gasteiger partial charge in [0.05, 0.1) is 5.52 Å². The van der Waals surface area contributed by atoms with Gasteiger partial charge in [-0.25, -0.2) is 0 Å². The minimum absolute atomic E-state index is 0.282. The van der Waals surface area contributed by atoms with E-state index in [9.17, 15) is 4.79 Å². The van der Waals surface area contributed by atoms with Crippen LogP contribution in [0.4, 0.5) is 0 Å². The van der Waals surface area contributed by atoms with Crippen LogP contribution in [0.5, 0.6) is 5.75 Å². The number of carbonyl (C=O) groups excluding carboxylic acids is 1. The molecule has 1 amide bonds. The summed E-state index contributed by atoms with van der Waals surface area (Å²) in [5.74, 6) is 0.310. The van der Waals surface area contributed by atoms with Gasteiger partial charge in [-0.05, 0) is 49.2 Å². The van der Waals surface area contributed by atoms with E-state index in [2.05, 4.69) is 17.4 Å². The molecule has 0 aliphatic heterocycles. The number of rotatable bonds is 6. The van der Waals surface area contributed by atoms with Gasteiger partial charge in [-0.2, -0.15) is 5.48 Å². The molecule has 0 spiro atoms. The van der Waals surface area contributed by atoms with Crippen LogP contribution in [-0.2, 0) is 6.42 Å². The molecule has 0 bridgehead atoms. The van der Waals surface area contributed by atoms with Crippen molar-refractivity contribution in [3.63, 3.8) is 0 Å². The van der Waals surface area contributed by atoms with Gasteiger partial charge in [0.25, 0.3) is 5.91 Å². The second kappa shape index (κ2) is 7.59. The minimum Gasteiger partial charge on any atom is -0.379 e. The average molecular weight is 320 g/mol. The van der Waals surface area contributed by atoms with Crippen molar-refractivity contribution in [2.75, 3.05) is 0 Å². The molecule has 122 valence electrons. The lowest BCUT2D eigenvalue weighted by molar-refractivity contribution is 0.0760. The minimum atomic E-state index is -0.282. The lowest BCUT2D eigenvalue weighted by atomic mass is 10.1. The number of carbonyl (C=O) groups is 1. The number of benzene rings is 2. The standard InChI is InChI=1S/C20H20N2O2/c1-2-3-7-17-12-10-15-14-16(11-13-19(15)21-17)20(23)22-24-18-8-5-4-6-9-18/h4-6,8-14H,2-3,7H2,1H3,(H,22,23). The van der Waals surface area contributed by atoms with Gasteiger partial charge >= 0.3 is 0 Å². The van der Waals surface area contributed by atoms with Crippen LogP contribution in [0.2, 0.25) is 0 Å². The first-order chi connectivity index (χ1) is 11.8. The molecule has 1 aromatic heterocycles. The molecule has 3 rings (SSSR count). The second-order valence-corrected chi connectivity index (χ2v) is 5.66. The van der Waals surface area contributed by atoms with Crippen molar-refractivity contribution in [2.24, 2.45) is 0 Å². The zero-order chi connectivity index (χ0) is 16.8. The van der Waals surface area contributed by atoms with Crippen molar-refractivity contribution in [3.05, 3.63) is 71.9 Å². The Kier molecular flexibility index (Phi) is 5.06. The fourth-order valence-corrected chi connectivity index (χ4v) is 2.46. The normalized spacial score (nSPS) is 10.5. The van der Waals surface area contributed by atoms with Gasteiger partial charge in [0.15, 0.2) is 5.75 Å². The van der Waals surface area contributed by atoms with E-state index in [-0.39, 0.29) is 5.91 Å². The molecule has 0 fully saturated rings. The second-order valence-electron chi connectivity index (χ2n) is 5.66. The highest BCUT2D eigenvalue weighted by atomic mass is 16.7. The molecule has 0 aliphatic carbocycles. The number of nitrogens with zero attached hydrogens (tertiary/aromatic N) is 1. The Morgan fingerprint density at radius 1 is 1.08 bits per heavy atom. The number of hydrogen-bond acceptors (Lipinski definition) is 3. The van der Waals surface area contributed by atoms with E-state index >= 15 is 0 Å². The van der Waals surface area contributed by atoms with Crippen LogP contribution in [-0.4, -0.2) is 10.9 Å². The maximum Gasteiger partial charge on any atom is 0.283 e. The molecule has 4 heteroatoms. The number of aromatic nitrogens is 1. The van der Waals surface area contributed by atoms with Crippen LogP contribution in [0.25, 0.3) is 10.9 Å². The smallest absolute Gasteiger partial charge is 0.283 e. The number of hydroxylamine groups is 1. The van der Waals surface area contributed by atoms with Crippen LogP contribution in [0.1, 0.15) is 35.8 Å².